The van der Waals surface area contributed by atoms with Gasteiger partial charge in [0.15, 0.2) is 5.76 Å². The van der Waals surface area contributed by atoms with E-state index in [1.165, 1.54) is 12.3 Å². The number of hydrogen-bond donors (Lipinski definition) is 3. The summed E-state index contributed by atoms with van der Waals surface area (Å²) >= 11 is 0. The van der Waals surface area contributed by atoms with Gasteiger partial charge < -0.3 is 9.52 Å². The predicted octanol–water partition coefficient (Wildman–Crippen LogP) is 0.788. The molecule has 2 aliphatic carbocycles. The van der Waals surface area contributed by atoms with E-state index in [1.807, 2.05) is 0 Å². The first kappa shape index (κ1) is 13.7. The van der Waals surface area contributed by atoms with E-state index >= 15 is 0 Å². The second-order valence-corrected chi connectivity index (χ2v) is 5.64. The van der Waals surface area contributed by atoms with E-state index in [0.717, 1.165) is 19.3 Å². The topological polar surface area (TPSA) is 109 Å². The summed E-state index contributed by atoms with van der Waals surface area (Å²) in [6.07, 6.45) is 3.87. The number of aliphatic carboxylic acids is 1. The fourth-order valence-electron chi connectivity index (χ4n) is 3.69. The van der Waals surface area contributed by atoms with Crippen molar-refractivity contribution in [2.45, 2.75) is 19.3 Å². The fraction of sp³-hybridized carbons (Fsp3) is 0.500. The molecule has 112 valence electrons. The highest BCUT2D eigenvalue weighted by molar-refractivity contribution is 5.94. The average molecular weight is 292 g/mol. The monoisotopic (exact) mass is 292 g/mol. The first-order chi connectivity index (χ1) is 10.1. The van der Waals surface area contributed by atoms with E-state index in [1.54, 1.807) is 6.07 Å². The minimum atomic E-state index is -0.931. The Morgan fingerprint density at radius 2 is 1.86 bits per heavy atom. The molecule has 21 heavy (non-hydrogen) atoms. The van der Waals surface area contributed by atoms with Crippen molar-refractivity contribution in [2.75, 3.05) is 0 Å². The predicted molar refractivity (Wildman–Crippen MR) is 69.8 cm³/mol. The summed E-state index contributed by atoms with van der Waals surface area (Å²) in [4.78, 5) is 35.2. The molecule has 1 heterocycles. The first-order valence-electron chi connectivity index (χ1n) is 6.94. The SMILES string of the molecule is O=C(NNC(=O)C1C2CCC(C2)C1C(=O)O)c1ccco1. The Labute approximate surface area is 120 Å². The van der Waals surface area contributed by atoms with Crippen LogP contribution >= 0.6 is 0 Å². The largest absolute Gasteiger partial charge is 0.481 e. The molecular weight excluding hydrogens is 276 g/mol. The summed E-state index contributed by atoms with van der Waals surface area (Å²) < 4.78 is 4.90. The molecule has 1 aromatic rings. The van der Waals surface area contributed by atoms with Gasteiger partial charge in [0.2, 0.25) is 5.91 Å². The van der Waals surface area contributed by atoms with Gasteiger partial charge in [0.25, 0.3) is 0 Å². The maximum absolute atomic E-state index is 12.2. The van der Waals surface area contributed by atoms with Gasteiger partial charge in [0, 0.05) is 0 Å². The summed E-state index contributed by atoms with van der Waals surface area (Å²) in [5.74, 6) is -2.90. The van der Waals surface area contributed by atoms with Crippen molar-refractivity contribution in [3.63, 3.8) is 0 Å². The molecule has 4 unspecified atom stereocenters. The van der Waals surface area contributed by atoms with Gasteiger partial charge in [-0.15, -0.1) is 0 Å². The molecule has 3 rings (SSSR count). The second-order valence-electron chi connectivity index (χ2n) is 5.64. The Morgan fingerprint density at radius 1 is 1.14 bits per heavy atom. The van der Waals surface area contributed by atoms with E-state index in [4.69, 9.17) is 4.42 Å². The molecule has 2 amide bonds. The molecule has 0 aliphatic heterocycles. The number of fused-ring (bicyclic) bond motifs is 2. The van der Waals surface area contributed by atoms with Crippen molar-refractivity contribution in [3.8, 4) is 0 Å². The highest BCUT2D eigenvalue weighted by atomic mass is 16.4. The summed E-state index contributed by atoms with van der Waals surface area (Å²) in [5.41, 5.74) is 4.58. The van der Waals surface area contributed by atoms with Crippen LogP contribution in [0.2, 0.25) is 0 Å². The minimum absolute atomic E-state index is 0.0732. The Morgan fingerprint density at radius 3 is 2.48 bits per heavy atom. The maximum atomic E-state index is 12.2. The molecule has 2 bridgehead atoms. The van der Waals surface area contributed by atoms with Crippen LogP contribution in [0.1, 0.15) is 29.8 Å². The molecule has 0 aromatic carbocycles. The van der Waals surface area contributed by atoms with Crippen molar-refractivity contribution in [1.29, 1.82) is 0 Å². The Balaban J connectivity index is 1.62. The maximum Gasteiger partial charge on any atom is 0.307 e. The molecule has 7 nitrogen and oxygen atoms in total. The lowest BCUT2D eigenvalue weighted by Gasteiger charge is -2.26. The number of hydrogen-bond acceptors (Lipinski definition) is 4. The van der Waals surface area contributed by atoms with Crippen LogP contribution in [-0.4, -0.2) is 22.9 Å². The Hall–Kier alpha value is -2.31. The zero-order valence-electron chi connectivity index (χ0n) is 11.2. The van der Waals surface area contributed by atoms with Crippen LogP contribution in [0.15, 0.2) is 22.8 Å². The van der Waals surface area contributed by atoms with Gasteiger partial charge in [-0.25, -0.2) is 0 Å². The molecule has 4 atom stereocenters. The molecule has 0 saturated heterocycles. The molecular formula is C14H16N2O5. The van der Waals surface area contributed by atoms with Gasteiger partial charge in [-0.3, -0.25) is 25.2 Å². The van der Waals surface area contributed by atoms with Gasteiger partial charge in [0.05, 0.1) is 18.1 Å². The number of nitrogens with one attached hydrogen (secondary N) is 2. The van der Waals surface area contributed by atoms with Crippen LogP contribution in [0.3, 0.4) is 0 Å². The molecule has 0 spiro atoms. The van der Waals surface area contributed by atoms with Crippen LogP contribution in [0, 0.1) is 23.7 Å². The fourth-order valence-corrected chi connectivity index (χ4v) is 3.69. The Bertz CT molecular complexity index is 568. The third-order valence-electron chi connectivity index (χ3n) is 4.55. The van der Waals surface area contributed by atoms with E-state index in [0.29, 0.717) is 0 Å². The van der Waals surface area contributed by atoms with Crippen LogP contribution in [0.25, 0.3) is 0 Å². The molecule has 2 aliphatic rings. The lowest BCUT2D eigenvalue weighted by molar-refractivity contribution is -0.149. The zero-order valence-corrected chi connectivity index (χ0v) is 11.2. The second kappa shape index (κ2) is 5.23. The highest BCUT2D eigenvalue weighted by Gasteiger charge is 2.54. The summed E-state index contributed by atoms with van der Waals surface area (Å²) in [6.45, 7) is 0. The number of furan rings is 1. The van der Waals surface area contributed by atoms with E-state index < -0.39 is 29.6 Å². The number of carboxylic acid groups (broad SMARTS) is 1. The van der Waals surface area contributed by atoms with Crippen LogP contribution in [0.4, 0.5) is 0 Å². The summed E-state index contributed by atoms with van der Waals surface area (Å²) in [6, 6.07) is 3.03. The van der Waals surface area contributed by atoms with Gasteiger partial charge in [-0.1, -0.05) is 0 Å². The van der Waals surface area contributed by atoms with E-state index in [-0.39, 0.29) is 17.6 Å². The number of carboxylic acids is 1. The summed E-state index contributed by atoms with van der Waals surface area (Å²) in [7, 11) is 0. The van der Waals surface area contributed by atoms with Crippen LogP contribution in [0.5, 0.6) is 0 Å². The summed E-state index contributed by atoms with van der Waals surface area (Å²) in [5, 5.41) is 9.30. The standard InChI is InChI=1S/C14H16N2O5/c17-12(9-2-1-5-21-9)15-16-13(18)10-7-3-4-8(6-7)11(10)14(19)20/h1-2,5,7-8,10-11H,3-4,6H2,(H,15,17)(H,16,18)(H,19,20). The number of rotatable bonds is 3. The first-order valence-corrected chi connectivity index (χ1v) is 6.94. The van der Waals surface area contributed by atoms with Crippen molar-refractivity contribution < 1.29 is 23.9 Å². The van der Waals surface area contributed by atoms with Crippen molar-refractivity contribution in [3.05, 3.63) is 24.2 Å². The lowest BCUT2D eigenvalue weighted by atomic mass is 9.79. The molecule has 1 aromatic heterocycles. The highest BCUT2D eigenvalue weighted by Crippen LogP contribution is 2.52. The van der Waals surface area contributed by atoms with Crippen molar-refractivity contribution >= 4 is 17.8 Å². The number of amides is 2. The van der Waals surface area contributed by atoms with Crippen molar-refractivity contribution in [2.24, 2.45) is 23.7 Å². The van der Waals surface area contributed by atoms with Crippen molar-refractivity contribution in [1.82, 2.24) is 10.9 Å². The number of hydrazine groups is 1. The third-order valence-corrected chi connectivity index (χ3v) is 4.55. The lowest BCUT2D eigenvalue weighted by Crippen LogP contribution is -2.48. The molecule has 3 N–H and O–H groups in total. The van der Waals surface area contributed by atoms with E-state index in [9.17, 15) is 19.5 Å². The van der Waals surface area contributed by atoms with Gasteiger partial charge in [-0.05, 0) is 43.2 Å². The van der Waals surface area contributed by atoms with Crippen LogP contribution in [-0.2, 0) is 9.59 Å². The minimum Gasteiger partial charge on any atom is -0.481 e. The average Bonchev–Trinajstić information content (AvgIpc) is 3.17. The van der Waals surface area contributed by atoms with Gasteiger partial charge >= 0.3 is 11.9 Å². The third kappa shape index (κ3) is 2.39. The van der Waals surface area contributed by atoms with Gasteiger partial charge in [-0.2, -0.15) is 0 Å². The number of carbonyl (C=O) groups excluding carboxylic acids is 2. The van der Waals surface area contributed by atoms with Crippen LogP contribution < -0.4 is 10.9 Å². The molecule has 7 heteroatoms. The van der Waals surface area contributed by atoms with Gasteiger partial charge in [0.1, 0.15) is 0 Å². The zero-order chi connectivity index (χ0) is 15.0. The smallest absolute Gasteiger partial charge is 0.307 e. The number of carbonyl (C=O) groups is 3. The molecule has 0 radical (unpaired) electrons. The Kier molecular flexibility index (Phi) is 3.40. The normalized spacial score (nSPS) is 30.1. The molecule has 2 fully saturated rings. The van der Waals surface area contributed by atoms with E-state index in [2.05, 4.69) is 10.9 Å². The molecule has 2 saturated carbocycles. The quantitative estimate of drug-likeness (QED) is 0.714.